The zero-order chi connectivity index (χ0) is 16.4. The maximum Gasteiger partial charge on any atom is 0.251 e. The highest BCUT2D eigenvalue weighted by Gasteiger charge is 2.22. The quantitative estimate of drug-likeness (QED) is 0.928. The Kier molecular flexibility index (Phi) is 4.54. The number of benzene rings is 1. The Morgan fingerprint density at radius 2 is 2.17 bits per heavy atom. The number of hydrogen-bond acceptors (Lipinski definition) is 4. The summed E-state index contributed by atoms with van der Waals surface area (Å²) in [5.41, 5.74) is 1.90. The van der Waals surface area contributed by atoms with Crippen molar-refractivity contribution < 1.29 is 9.53 Å². The number of fused-ring (bicyclic) bond motifs is 1. The van der Waals surface area contributed by atoms with Crippen molar-refractivity contribution in [3.63, 3.8) is 0 Å². The second-order valence-electron chi connectivity index (χ2n) is 6.52. The minimum Gasteiger partial charge on any atom is -0.493 e. The molecule has 0 spiro atoms. The molecule has 0 unspecified atom stereocenters. The van der Waals surface area contributed by atoms with Gasteiger partial charge in [0.1, 0.15) is 5.75 Å². The van der Waals surface area contributed by atoms with Gasteiger partial charge in [0.15, 0.2) is 0 Å². The van der Waals surface area contributed by atoms with Crippen LogP contribution >= 0.6 is 11.3 Å². The Labute approximate surface area is 146 Å². The highest BCUT2D eigenvalue weighted by atomic mass is 32.1. The van der Waals surface area contributed by atoms with Gasteiger partial charge in [0.05, 0.1) is 6.61 Å². The summed E-state index contributed by atoms with van der Waals surface area (Å²) >= 11 is 1.81. The van der Waals surface area contributed by atoms with Crippen molar-refractivity contribution in [2.75, 3.05) is 19.7 Å². The number of hydrogen-bond donors (Lipinski definition) is 1. The lowest BCUT2D eigenvalue weighted by molar-refractivity contribution is 0.0909. The van der Waals surface area contributed by atoms with Gasteiger partial charge < -0.3 is 10.1 Å². The maximum absolute atomic E-state index is 12.5. The summed E-state index contributed by atoms with van der Waals surface area (Å²) in [7, 11) is 0. The van der Waals surface area contributed by atoms with E-state index in [0.29, 0.717) is 0 Å². The van der Waals surface area contributed by atoms with Crippen molar-refractivity contribution in [3.05, 3.63) is 51.7 Å². The Morgan fingerprint density at radius 1 is 1.29 bits per heavy atom. The van der Waals surface area contributed by atoms with Gasteiger partial charge in [-0.25, -0.2) is 0 Å². The van der Waals surface area contributed by atoms with Gasteiger partial charge in [0, 0.05) is 42.5 Å². The molecule has 1 aromatic heterocycles. The molecule has 1 amide bonds. The monoisotopic (exact) mass is 342 g/mol. The van der Waals surface area contributed by atoms with Crippen molar-refractivity contribution in [1.82, 2.24) is 10.2 Å². The summed E-state index contributed by atoms with van der Waals surface area (Å²) in [5.74, 6) is 0.967. The van der Waals surface area contributed by atoms with Crippen LogP contribution in [0.1, 0.15) is 33.6 Å². The SMILES string of the molecule is O=C(NC1CCN(Cc2cccs2)CC1)c1ccc2c(c1)CCO2. The number of likely N-dealkylation sites (tertiary alicyclic amines) is 1. The fraction of sp³-hybridized carbons (Fsp3) is 0.421. The highest BCUT2D eigenvalue weighted by molar-refractivity contribution is 7.09. The van der Waals surface area contributed by atoms with E-state index in [9.17, 15) is 4.79 Å². The third-order valence-corrected chi connectivity index (χ3v) is 5.70. The van der Waals surface area contributed by atoms with E-state index in [4.69, 9.17) is 4.74 Å². The van der Waals surface area contributed by atoms with Crippen molar-refractivity contribution in [3.8, 4) is 5.75 Å². The van der Waals surface area contributed by atoms with E-state index < -0.39 is 0 Å². The number of carbonyl (C=O) groups excluding carboxylic acids is 1. The summed E-state index contributed by atoms with van der Waals surface area (Å²) in [5, 5.41) is 5.33. The molecule has 1 aromatic carbocycles. The lowest BCUT2D eigenvalue weighted by atomic mass is 10.0. The second kappa shape index (κ2) is 6.95. The first-order chi connectivity index (χ1) is 11.8. The van der Waals surface area contributed by atoms with Gasteiger partial charge in [0.25, 0.3) is 5.91 Å². The first kappa shape index (κ1) is 15.7. The third kappa shape index (κ3) is 3.47. The Bertz CT molecular complexity index is 706. The molecule has 3 heterocycles. The fourth-order valence-corrected chi connectivity index (χ4v) is 4.20. The smallest absolute Gasteiger partial charge is 0.251 e. The van der Waals surface area contributed by atoms with Crippen LogP contribution in [0.4, 0.5) is 0 Å². The molecule has 126 valence electrons. The Balaban J connectivity index is 1.29. The number of nitrogens with one attached hydrogen (secondary N) is 1. The predicted octanol–water partition coefficient (Wildman–Crippen LogP) is 3.08. The van der Waals surface area contributed by atoms with E-state index >= 15 is 0 Å². The van der Waals surface area contributed by atoms with E-state index in [2.05, 4.69) is 27.7 Å². The first-order valence-electron chi connectivity index (χ1n) is 8.59. The van der Waals surface area contributed by atoms with Gasteiger partial charge in [-0.1, -0.05) is 6.07 Å². The van der Waals surface area contributed by atoms with E-state index in [1.165, 1.54) is 4.88 Å². The second-order valence-corrected chi connectivity index (χ2v) is 7.56. The predicted molar refractivity (Wildman–Crippen MR) is 95.7 cm³/mol. The van der Waals surface area contributed by atoms with E-state index in [1.54, 1.807) is 0 Å². The minimum atomic E-state index is 0.0430. The average Bonchev–Trinajstić information content (AvgIpc) is 3.27. The van der Waals surface area contributed by atoms with E-state index in [1.807, 2.05) is 29.5 Å². The van der Waals surface area contributed by atoms with E-state index in [0.717, 1.165) is 62.4 Å². The Hall–Kier alpha value is -1.85. The number of thiophene rings is 1. The molecular weight excluding hydrogens is 320 g/mol. The molecule has 4 rings (SSSR count). The number of nitrogens with zero attached hydrogens (tertiary/aromatic N) is 1. The number of rotatable bonds is 4. The zero-order valence-corrected chi connectivity index (χ0v) is 14.5. The summed E-state index contributed by atoms with van der Waals surface area (Å²) < 4.78 is 5.50. The standard InChI is InChI=1S/C19H22N2O2S/c22-19(15-3-4-18-14(12-15)7-10-23-18)20-16-5-8-21(9-6-16)13-17-2-1-11-24-17/h1-4,11-12,16H,5-10,13H2,(H,20,22). The fourth-order valence-electron chi connectivity index (χ4n) is 3.45. The van der Waals surface area contributed by atoms with Crippen LogP contribution in [0.15, 0.2) is 35.7 Å². The molecule has 0 radical (unpaired) electrons. The van der Waals surface area contributed by atoms with Gasteiger partial charge in [-0.05, 0) is 48.1 Å². The average molecular weight is 342 g/mol. The number of amides is 1. The van der Waals surface area contributed by atoms with Gasteiger partial charge in [-0.15, -0.1) is 11.3 Å². The van der Waals surface area contributed by atoms with Crippen molar-refractivity contribution in [2.45, 2.75) is 31.8 Å². The van der Waals surface area contributed by atoms with Crippen molar-refractivity contribution in [1.29, 1.82) is 0 Å². The summed E-state index contributed by atoms with van der Waals surface area (Å²) in [4.78, 5) is 16.4. The maximum atomic E-state index is 12.5. The summed E-state index contributed by atoms with van der Waals surface area (Å²) in [6.45, 7) is 3.84. The highest BCUT2D eigenvalue weighted by Crippen LogP contribution is 2.26. The van der Waals surface area contributed by atoms with Crippen molar-refractivity contribution in [2.24, 2.45) is 0 Å². The first-order valence-corrected chi connectivity index (χ1v) is 9.47. The molecule has 1 fully saturated rings. The van der Waals surface area contributed by atoms with Crippen LogP contribution in [-0.4, -0.2) is 36.5 Å². The van der Waals surface area contributed by atoms with Crippen LogP contribution in [0.5, 0.6) is 5.75 Å². The Morgan fingerprint density at radius 3 is 2.96 bits per heavy atom. The van der Waals surface area contributed by atoms with Crippen LogP contribution < -0.4 is 10.1 Å². The summed E-state index contributed by atoms with van der Waals surface area (Å²) in [6, 6.07) is 10.3. The van der Waals surface area contributed by atoms with Gasteiger partial charge in [-0.3, -0.25) is 9.69 Å². The van der Waals surface area contributed by atoms with Crippen LogP contribution in [0.2, 0.25) is 0 Å². The van der Waals surface area contributed by atoms with Gasteiger partial charge >= 0.3 is 0 Å². The molecule has 0 atom stereocenters. The van der Waals surface area contributed by atoms with Gasteiger partial charge in [-0.2, -0.15) is 0 Å². The number of ether oxygens (including phenoxy) is 1. The zero-order valence-electron chi connectivity index (χ0n) is 13.7. The topological polar surface area (TPSA) is 41.6 Å². The van der Waals surface area contributed by atoms with Crippen LogP contribution in [0, 0.1) is 0 Å². The normalized spacial score (nSPS) is 18.2. The van der Waals surface area contributed by atoms with Crippen LogP contribution in [0.3, 0.4) is 0 Å². The molecule has 1 saturated heterocycles. The third-order valence-electron chi connectivity index (χ3n) is 4.83. The number of piperidine rings is 1. The molecular formula is C19H22N2O2S. The largest absolute Gasteiger partial charge is 0.493 e. The number of carbonyl (C=O) groups is 1. The molecule has 4 nitrogen and oxygen atoms in total. The molecule has 0 aliphatic carbocycles. The van der Waals surface area contributed by atoms with Crippen molar-refractivity contribution >= 4 is 17.2 Å². The lowest BCUT2D eigenvalue weighted by Gasteiger charge is -2.32. The minimum absolute atomic E-state index is 0.0430. The molecule has 1 N–H and O–H groups in total. The van der Waals surface area contributed by atoms with Crippen LogP contribution in [-0.2, 0) is 13.0 Å². The lowest BCUT2D eigenvalue weighted by Crippen LogP contribution is -2.44. The molecule has 0 bridgehead atoms. The molecule has 2 aliphatic rings. The van der Waals surface area contributed by atoms with Crippen LogP contribution in [0.25, 0.3) is 0 Å². The molecule has 0 saturated carbocycles. The molecule has 2 aliphatic heterocycles. The van der Waals surface area contributed by atoms with Gasteiger partial charge in [0.2, 0.25) is 0 Å². The summed E-state index contributed by atoms with van der Waals surface area (Å²) in [6.07, 6.45) is 2.94. The molecule has 2 aromatic rings. The van der Waals surface area contributed by atoms with E-state index in [-0.39, 0.29) is 11.9 Å². The molecule has 5 heteroatoms. The molecule has 24 heavy (non-hydrogen) atoms.